The summed E-state index contributed by atoms with van der Waals surface area (Å²) in [5.74, 6) is -0.699. The Hall–Kier alpha value is -0.570. The first kappa shape index (κ1) is 12.5. The number of carbonyl (C=O) groups is 1. The van der Waals surface area contributed by atoms with Crippen LogP contribution >= 0.6 is 0 Å². The number of hydrogen-bond donors (Lipinski definition) is 1. The Balaban J connectivity index is 2.49. The first-order valence-electron chi connectivity index (χ1n) is 5.85. The van der Waals surface area contributed by atoms with Crippen LogP contribution in [0.2, 0.25) is 0 Å². The summed E-state index contributed by atoms with van der Waals surface area (Å²) < 4.78 is 0. The van der Waals surface area contributed by atoms with Gasteiger partial charge in [0.05, 0.1) is 6.42 Å². The molecule has 88 valence electrons. The maximum atomic E-state index is 10.5. The van der Waals surface area contributed by atoms with Crippen LogP contribution in [0, 0.1) is 5.41 Å². The fourth-order valence-corrected chi connectivity index (χ4v) is 2.72. The van der Waals surface area contributed by atoms with Crippen molar-refractivity contribution >= 4 is 5.97 Å². The predicted octanol–water partition coefficient (Wildman–Crippen LogP) is 2.36. The van der Waals surface area contributed by atoms with E-state index in [9.17, 15) is 4.79 Å². The maximum Gasteiger partial charge on any atom is 0.304 e. The van der Waals surface area contributed by atoms with Gasteiger partial charge < -0.3 is 10.0 Å². The quantitative estimate of drug-likeness (QED) is 0.779. The summed E-state index contributed by atoms with van der Waals surface area (Å²) in [5.41, 5.74) is 0.339. The van der Waals surface area contributed by atoms with Gasteiger partial charge >= 0.3 is 5.97 Å². The summed E-state index contributed by atoms with van der Waals surface area (Å²) in [6.07, 6.45) is 5.32. The third-order valence-electron chi connectivity index (χ3n) is 3.66. The van der Waals surface area contributed by atoms with E-state index in [1.165, 1.54) is 25.7 Å². The number of rotatable bonds is 4. The van der Waals surface area contributed by atoms with Gasteiger partial charge in [0, 0.05) is 12.6 Å². The van der Waals surface area contributed by atoms with Crippen LogP contribution in [-0.2, 0) is 4.79 Å². The molecule has 1 saturated carbocycles. The molecule has 1 aliphatic carbocycles. The van der Waals surface area contributed by atoms with Crippen LogP contribution < -0.4 is 0 Å². The molecule has 0 aromatic heterocycles. The lowest BCUT2D eigenvalue weighted by Crippen LogP contribution is -2.45. The van der Waals surface area contributed by atoms with Gasteiger partial charge in [0.25, 0.3) is 0 Å². The first-order valence-corrected chi connectivity index (χ1v) is 5.85. The minimum absolute atomic E-state index is 0.253. The number of carboxylic acid groups (broad SMARTS) is 1. The van der Waals surface area contributed by atoms with Crippen LogP contribution in [0.15, 0.2) is 0 Å². The van der Waals surface area contributed by atoms with Gasteiger partial charge in [0.1, 0.15) is 0 Å². The largest absolute Gasteiger partial charge is 0.481 e. The van der Waals surface area contributed by atoms with E-state index in [4.69, 9.17) is 5.11 Å². The van der Waals surface area contributed by atoms with Gasteiger partial charge in [-0.25, -0.2) is 0 Å². The van der Waals surface area contributed by atoms with Crippen molar-refractivity contribution in [2.45, 2.75) is 52.0 Å². The summed E-state index contributed by atoms with van der Waals surface area (Å²) in [6.45, 7) is 5.27. The van der Waals surface area contributed by atoms with Crippen molar-refractivity contribution in [3.63, 3.8) is 0 Å². The van der Waals surface area contributed by atoms with Gasteiger partial charge in [0.2, 0.25) is 0 Å². The normalized spacial score (nSPS) is 25.5. The van der Waals surface area contributed by atoms with Crippen LogP contribution in [0.4, 0.5) is 0 Å². The van der Waals surface area contributed by atoms with E-state index in [-0.39, 0.29) is 6.42 Å². The van der Waals surface area contributed by atoms with E-state index in [0.717, 1.165) is 0 Å². The van der Waals surface area contributed by atoms with Crippen molar-refractivity contribution in [2.24, 2.45) is 5.41 Å². The Morgan fingerprint density at radius 2 is 2.13 bits per heavy atom. The zero-order chi connectivity index (χ0) is 11.5. The third-order valence-corrected chi connectivity index (χ3v) is 3.66. The smallest absolute Gasteiger partial charge is 0.304 e. The van der Waals surface area contributed by atoms with Gasteiger partial charge in [-0.05, 0) is 25.3 Å². The average molecular weight is 213 g/mol. The van der Waals surface area contributed by atoms with E-state index in [2.05, 4.69) is 25.8 Å². The molecular formula is C12H23NO2. The van der Waals surface area contributed by atoms with Crippen molar-refractivity contribution in [1.29, 1.82) is 0 Å². The van der Waals surface area contributed by atoms with Gasteiger partial charge in [-0.15, -0.1) is 0 Å². The minimum Gasteiger partial charge on any atom is -0.481 e. The second-order valence-corrected chi connectivity index (χ2v) is 5.37. The van der Waals surface area contributed by atoms with Crippen LogP contribution in [-0.4, -0.2) is 35.6 Å². The second-order valence-electron chi connectivity index (χ2n) is 5.37. The van der Waals surface area contributed by atoms with E-state index in [0.29, 0.717) is 18.0 Å². The highest BCUT2D eigenvalue weighted by molar-refractivity contribution is 5.66. The lowest BCUT2D eigenvalue weighted by Gasteiger charge is -2.43. The Labute approximate surface area is 92.5 Å². The van der Waals surface area contributed by atoms with Gasteiger partial charge in [-0.2, -0.15) is 0 Å². The molecule has 0 aliphatic heterocycles. The molecule has 1 fully saturated rings. The van der Waals surface area contributed by atoms with Crippen molar-refractivity contribution in [2.75, 3.05) is 13.6 Å². The lowest BCUT2D eigenvalue weighted by molar-refractivity contribution is -0.137. The van der Waals surface area contributed by atoms with Crippen molar-refractivity contribution in [3.8, 4) is 0 Å². The molecule has 0 aromatic rings. The molecule has 0 heterocycles. The molecule has 0 spiro atoms. The lowest BCUT2D eigenvalue weighted by atomic mass is 9.72. The van der Waals surface area contributed by atoms with E-state index in [1.807, 2.05) is 0 Å². The fourth-order valence-electron chi connectivity index (χ4n) is 2.72. The Morgan fingerprint density at radius 3 is 2.67 bits per heavy atom. The van der Waals surface area contributed by atoms with Crippen molar-refractivity contribution in [3.05, 3.63) is 0 Å². The highest BCUT2D eigenvalue weighted by atomic mass is 16.4. The maximum absolute atomic E-state index is 10.5. The molecule has 0 aromatic carbocycles. The summed E-state index contributed by atoms with van der Waals surface area (Å²) in [5, 5.41) is 8.66. The molecule has 1 atom stereocenters. The Morgan fingerprint density at radius 1 is 1.47 bits per heavy atom. The Kier molecular flexibility index (Phi) is 4.14. The van der Waals surface area contributed by atoms with Gasteiger partial charge in [-0.3, -0.25) is 4.79 Å². The van der Waals surface area contributed by atoms with Gasteiger partial charge in [0.15, 0.2) is 0 Å². The highest BCUT2D eigenvalue weighted by Crippen LogP contribution is 2.38. The van der Waals surface area contributed by atoms with Crippen LogP contribution in [0.25, 0.3) is 0 Å². The minimum atomic E-state index is -0.699. The van der Waals surface area contributed by atoms with E-state index >= 15 is 0 Å². The SMILES string of the molecule is CN(CCC(=O)O)C1CCCCC1(C)C. The average Bonchev–Trinajstić information content (AvgIpc) is 2.13. The van der Waals surface area contributed by atoms with E-state index in [1.54, 1.807) is 0 Å². The van der Waals surface area contributed by atoms with Gasteiger partial charge in [-0.1, -0.05) is 26.7 Å². The summed E-state index contributed by atoms with van der Waals surface area (Å²) >= 11 is 0. The topological polar surface area (TPSA) is 40.5 Å². The zero-order valence-electron chi connectivity index (χ0n) is 10.1. The van der Waals surface area contributed by atoms with Crippen LogP contribution in [0.1, 0.15) is 46.0 Å². The summed E-state index contributed by atoms with van der Waals surface area (Å²) in [7, 11) is 2.06. The highest BCUT2D eigenvalue weighted by Gasteiger charge is 2.34. The fraction of sp³-hybridized carbons (Fsp3) is 0.917. The molecule has 1 rings (SSSR count). The third kappa shape index (κ3) is 3.49. The zero-order valence-corrected chi connectivity index (χ0v) is 10.1. The molecule has 1 N–H and O–H groups in total. The molecule has 0 radical (unpaired) electrons. The molecule has 1 aliphatic rings. The number of aliphatic carboxylic acids is 1. The number of nitrogens with zero attached hydrogens (tertiary/aromatic N) is 1. The number of carboxylic acids is 1. The van der Waals surface area contributed by atoms with Crippen LogP contribution in [0.5, 0.6) is 0 Å². The number of hydrogen-bond acceptors (Lipinski definition) is 2. The molecule has 3 nitrogen and oxygen atoms in total. The van der Waals surface area contributed by atoms with Crippen molar-refractivity contribution in [1.82, 2.24) is 4.90 Å². The summed E-state index contributed by atoms with van der Waals surface area (Å²) in [4.78, 5) is 12.8. The van der Waals surface area contributed by atoms with Crippen molar-refractivity contribution < 1.29 is 9.90 Å². The second kappa shape index (κ2) is 4.97. The molecule has 3 heteroatoms. The van der Waals surface area contributed by atoms with E-state index < -0.39 is 5.97 Å². The molecular weight excluding hydrogens is 190 g/mol. The molecule has 0 saturated heterocycles. The molecule has 15 heavy (non-hydrogen) atoms. The summed E-state index contributed by atoms with van der Waals surface area (Å²) in [6, 6.07) is 0.547. The first-order chi connectivity index (χ1) is 6.93. The Bertz CT molecular complexity index is 226. The molecule has 0 bridgehead atoms. The monoisotopic (exact) mass is 213 g/mol. The molecule has 0 amide bonds. The van der Waals surface area contributed by atoms with Crippen LogP contribution in [0.3, 0.4) is 0 Å². The predicted molar refractivity (Wildman–Crippen MR) is 60.9 cm³/mol. The molecule has 1 unspecified atom stereocenters. The standard InChI is InChI=1S/C12H23NO2/c1-12(2)8-5-4-6-10(12)13(3)9-7-11(14)15/h10H,4-9H2,1-3H3,(H,14,15).